The standard InChI is InChI=1S/C20H30N6O4/c1-20(2,3)30-19(28)24-15(12-27)13-29-17-8-7-14(11-16(17)25(4)5)18(22)26(23)10-6-9-21/h7-8,11-12,15,22H,6,10,13,23H2,1-5H3,(H,24,28)/t15-/m1/s1. The lowest BCUT2D eigenvalue weighted by molar-refractivity contribution is -0.110. The lowest BCUT2D eigenvalue weighted by Gasteiger charge is -2.24. The highest BCUT2D eigenvalue weighted by Crippen LogP contribution is 2.28. The number of carbonyl (C=O) groups is 2. The van der Waals surface area contributed by atoms with Crippen LogP contribution in [0.25, 0.3) is 0 Å². The number of carbonyl (C=O) groups excluding carboxylic acids is 2. The number of nitrogens with two attached hydrogens (primary N) is 1. The number of aldehydes is 1. The highest BCUT2D eigenvalue weighted by Gasteiger charge is 2.20. The summed E-state index contributed by atoms with van der Waals surface area (Å²) >= 11 is 0. The smallest absolute Gasteiger partial charge is 0.408 e. The first-order valence-corrected chi connectivity index (χ1v) is 9.35. The van der Waals surface area contributed by atoms with Gasteiger partial charge in [-0.15, -0.1) is 0 Å². The fourth-order valence-corrected chi connectivity index (χ4v) is 2.34. The molecule has 0 heterocycles. The van der Waals surface area contributed by atoms with Crippen molar-refractivity contribution in [3.05, 3.63) is 23.8 Å². The average Bonchev–Trinajstić information content (AvgIpc) is 2.66. The quantitative estimate of drug-likeness (QED) is 0.180. The number of ether oxygens (including phenoxy) is 2. The molecule has 0 aliphatic carbocycles. The monoisotopic (exact) mass is 418 g/mol. The predicted molar refractivity (Wildman–Crippen MR) is 113 cm³/mol. The molecule has 164 valence electrons. The van der Waals surface area contributed by atoms with Gasteiger partial charge in [0, 0.05) is 26.2 Å². The van der Waals surface area contributed by atoms with Gasteiger partial charge < -0.3 is 24.5 Å². The third-order valence-corrected chi connectivity index (χ3v) is 3.75. The summed E-state index contributed by atoms with van der Waals surface area (Å²) in [4.78, 5) is 25.0. The zero-order chi connectivity index (χ0) is 22.9. The number of anilines is 1. The topological polar surface area (TPSA) is 145 Å². The molecule has 1 amide bonds. The van der Waals surface area contributed by atoms with Crippen LogP contribution in [0.5, 0.6) is 5.75 Å². The molecule has 0 aliphatic rings. The summed E-state index contributed by atoms with van der Waals surface area (Å²) in [6.45, 7) is 5.33. The van der Waals surface area contributed by atoms with E-state index in [0.717, 1.165) is 0 Å². The van der Waals surface area contributed by atoms with Crippen molar-refractivity contribution in [3.63, 3.8) is 0 Å². The van der Waals surface area contributed by atoms with E-state index in [4.69, 9.17) is 26.0 Å². The van der Waals surface area contributed by atoms with Crippen molar-refractivity contribution in [2.24, 2.45) is 5.84 Å². The highest BCUT2D eigenvalue weighted by atomic mass is 16.6. The fourth-order valence-electron chi connectivity index (χ4n) is 2.34. The zero-order valence-corrected chi connectivity index (χ0v) is 18.1. The fraction of sp³-hybridized carbons (Fsp3) is 0.500. The number of nitrogens with zero attached hydrogens (tertiary/aromatic N) is 3. The third-order valence-electron chi connectivity index (χ3n) is 3.75. The molecule has 4 N–H and O–H groups in total. The molecular weight excluding hydrogens is 388 g/mol. The van der Waals surface area contributed by atoms with E-state index >= 15 is 0 Å². The summed E-state index contributed by atoms with van der Waals surface area (Å²) in [7, 11) is 3.61. The molecule has 0 saturated heterocycles. The molecular formula is C20H30N6O4. The maximum Gasteiger partial charge on any atom is 0.408 e. The van der Waals surface area contributed by atoms with Crippen molar-refractivity contribution < 1.29 is 19.1 Å². The Morgan fingerprint density at radius 1 is 1.40 bits per heavy atom. The summed E-state index contributed by atoms with van der Waals surface area (Å²) in [6.07, 6.45) is 0.0728. The van der Waals surface area contributed by atoms with Gasteiger partial charge in [0.15, 0.2) is 0 Å². The van der Waals surface area contributed by atoms with Crippen LogP contribution < -0.4 is 20.8 Å². The van der Waals surface area contributed by atoms with Crippen molar-refractivity contribution in [2.75, 3.05) is 32.1 Å². The number of rotatable bonds is 9. The van der Waals surface area contributed by atoms with Gasteiger partial charge in [0.05, 0.1) is 18.2 Å². The Morgan fingerprint density at radius 3 is 2.60 bits per heavy atom. The molecule has 1 aromatic rings. The number of amidine groups is 1. The molecule has 0 aromatic heterocycles. The van der Waals surface area contributed by atoms with E-state index in [2.05, 4.69) is 5.32 Å². The molecule has 0 bridgehead atoms. The molecule has 0 fully saturated rings. The van der Waals surface area contributed by atoms with Gasteiger partial charge in [-0.3, -0.25) is 10.4 Å². The Bertz CT molecular complexity index is 797. The van der Waals surface area contributed by atoms with Crippen LogP contribution in [-0.4, -0.2) is 62.1 Å². The van der Waals surface area contributed by atoms with Crippen molar-refractivity contribution in [2.45, 2.75) is 38.8 Å². The molecule has 10 nitrogen and oxygen atoms in total. The van der Waals surface area contributed by atoms with Crippen molar-refractivity contribution in [1.82, 2.24) is 10.3 Å². The van der Waals surface area contributed by atoms with Gasteiger partial charge in [-0.05, 0) is 39.0 Å². The van der Waals surface area contributed by atoms with Crippen LogP contribution in [0.15, 0.2) is 18.2 Å². The van der Waals surface area contributed by atoms with Gasteiger partial charge in [0.1, 0.15) is 36.1 Å². The second-order valence-corrected chi connectivity index (χ2v) is 7.73. The molecule has 0 spiro atoms. The van der Waals surface area contributed by atoms with E-state index in [-0.39, 0.29) is 25.4 Å². The Kier molecular flexibility index (Phi) is 9.08. The van der Waals surface area contributed by atoms with Crippen LogP contribution in [0, 0.1) is 16.7 Å². The summed E-state index contributed by atoms with van der Waals surface area (Å²) < 4.78 is 10.9. The van der Waals surface area contributed by atoms with E-state index in [1.54, 1.807) is 43.9 Å². The molecule has 0 unspecified atom stereocenters. The van der Waals surface area contributed by atoms with Crippen molar-refractivity contribution in [3.8, 4) is 11.8 Å². The minimum absolute atomic E-state index is 0.0669. The number of hydrogen-bond donors (Lipinski definition) is 3. The molecule has 1 rings (SSSR count). The second-order valence-electron chi connectivity index (χ2n) is 7.73. The van der Waals surface area contributed by atoms with E-state index in [9.17, 15) is 9.59 Å². The van der Waals surface area contributed by atoms with Crippen LogP contribution in [0.1, 0.15) is 32.8 Å². The lowest BCUT2D eigenvalue weighted by atomic mass is 10.1. The van der Waals surface area contributed by atoms with Gasteiger partial charge in [-0.1, -0.05) is 0 Å². The number of alkyl carbamates (subject to hydrolysis) is 1. The average molecular weight is 418 g/mol. The molecule has 30 heavy (non-hydrogen) atoms. The first-order chi connectivity index (χ1) is 14.0. The summed E-state index contributed by atoms with van der Waals surface area (Å²) in [5.74, 6) is 6.36. The van der Waals surface area contributed by atoms with Crippen molar-refractivity contribution in [1.29, 1.82) is 10.7 Å². The second kappa shape index (κ2) is 11.0. The molecule has 0 radical (unpaired) electrons. The van der Waals surface area contributed by atoms with Gasteiger partial charge in [-0.25, -0.2) is 10.6 Å². The zero-order valence-electron chi connectivity index (χ0n) is 18.1. The maximum absolute atomic E-state index is 11.9. The predicted octanol–water partition coefficient (Wildman–Crippen LogP) is 1.64. The Balaban J connectivity index is 2.88. The van der Waals surface area contributed by atoms with E-state index in [1.165, 1.54) is 5.01 Å². The highest BCUT2D eigenvalue weighted by molar-refractivity contribution is 5.97. The minimum Gasteiger partial charge on any atom is -0.489 e. The van der Waals surface area contributed by atoms with E-state index in [1.807, 2.05) is 20.2 Å². The number of nitrogens with one attached hydrogen (secondary N) is 2. The van der Waals surface area contributed by atoms with E-state index < -0.39 is 17.7 Å². The largest absolute Gasteiger partial charge is 0.489 e. The van der Waals surface area contributed by atoms with E-state index in [0.29, 0.717) is 23.3 Å². The molecule has 10 heteroatoms. The number of amides is 1. The summed E-state index contributed by atoms with van der Waals surface area (Å²) in [5.41, 5.74) is 0.527. The normalized spacial score (nSPS) is 11.6. The van der Waals surface area contributed by atoms with Crippen LogP contribution in [-0.2, 0) is 9.53 Å². The van der Waals surface area contributed by atoms with Crippen LogP contribution >= 0.6 is 0 Å². The van der Waals surface area contributed by atoms with Gasteiger partial charge in [0.2, 0.25) is 0 Å². The van der Waals surface area contributed by atoms with Crippen molar-refractivity contribution >= 4 is 23.9 Å². The summed E-state index contributed by atoms with van der Waals surface area (Å²) in [6, 6.07) is 6.14. The Hall–Kier alpha value is -3.32. The van der Waals surface area contributed by atoms with Crippen LogP contribution in [0.4, 0.5) is 10.5 Å². The first-order valence-electron chi connectivity index (χ1n) is 9.35. The van der Waals surface area contributed by atoms with Gasteiger partial charge in [-0.2, -0.15) is 5.26 Å². The molecule has 1 atom stereocenters. The third kappa shape index (κ3) is 7.97. The van der Waals surface area contributed by atoms with Crippen LogP contribution in [0.2, 0.25) is 0 Å². The Labute approximate surface area is 177 Å². The Morgan fingerprint density at radius 2 is 2.07 bits per heavy atom. The molecule has 1 aromatic carbocycles. The SMILES string of the molecule is CN(C)c1cc(C(=N)N(N)CCC#N)ccc1OC[C@@H](C=O)NC(=O)OC(C)(C)C. The summed E-state index contributed by atoms with van der Waals surface area (Å²) in [5, 5.41) is 20.5. The van der Waals surface area contributed by atoms with Gasteiger partial charge in [0.25, 0.3) is 0 Å². The molecule has 0 saturated carbocycles. The number of nitriles is 1. The van der Waals surface area contributed by atoms with Gasteiger partial charge >= 0.3 is 6.09 Å². The lowest BCUT2D eigenvalue weighted by Crippen LogP contribution is -2.43. The number of benzene rings is 1. The number of hydrazine groups is 1. The number of hydrogen-bond acceptors (Lipinski definition) is 8. The first kappa shape index (κ1) is 24.7. The molecule has 0 aliphatic heterocycles. The van der Waals surface area contributed by atoms with Crippen LogP contribution in [0.3, 0.4) is 0 Å². The minimum atomic E-state index is -0.890. The maximum atomic E-state index is 11.9.